The van der Waals surface area contributed by atoms with Gasteiger partial charge < -0.3 is 15.4 Å². The normalized spacial score (nSPS) is 11.6. The van der Waals surface area contributed by atoms with E-state index < -0.39 is 12.1 Å². The molecule has 0 bridgehead atoms. The fourth-order valence-corrected chi connectivity index (χ4v) is 2.72. The molecule has 0 aliphatic carbocycles. The Kier molecular flexibility index (Phi) is 6.10. The molecule has 0 saturated heterocycles. The third-order valence-corrected chi connectivity index (χ3v) is 3.90. The molecule has 122 valence electrons. The van der Waals surface area contributed by atoms with E-state index in [4.69, 9.17) is 4.74 Å². The first kappa shape index (κ1) is 17.0. The predicted molar refractivity (Wildman–Crippen MR) is 89.4 cm³/mol. The van der Waals surface area contributed by atoms with Crippen molar-refractivity contribution in [2.75, 3.05) is 11.9 Å². The number of carbonyl (C=O) groups is 2. The lowest BCUT2D eigenvalue weighted by molar-refractivity contribution is -0.116. The molecule has 7 heteroatoms. The number of carbonyl (C=O) groups excluding carboxylic acids is 2. The summed E-state index contributed by atoms with van der Waals surface area (Å²) in [5, 5.41) is 7.88. The Balaban J connectivity index is 2.04. The van der Waals surface area contributed by atoms with Crippen LogP contribution in [-0.2, 0) is 9.53 Å². The second kappa shape index (κ2) is 8.28. The number of thiazole rings is 1. The minimum Gasteiger partial charge on any atom is -0.450 e. The van der Waals surface area contributed by atoms with E-state index in [1.807, 2.05) is 42.6 Å². The molecule has 0 aliphatic heterocycles. The van der Waals surface area contributed by atoms with Gasteiger partial charge in [-0.3, -0.25) is 4.79 Å². The molecule has 2 aromatic rings. The van der Waals surface area contributed by atoms with Gasteiger partial charge in [-0.05, 0) is 19.4 Å². The molecule has 2 N–H and O–H groups in total. The number of alkyl carbamates (subject to hydrolysis) is 1. The van der Waals surface area contributed by atoms with Crippen LogP contribution in [0.2, 0.25) is 0 Å². The monoisotopic (exact) mass is 333 g/mol. The average Bonchev–Trinajstić information content (AvgIpc) is 2.92. The summed E-state index contributed by atoms with van der Waals surface area (Å²) < 4.78 is 4.90. The van der Waals surface area contributed by atoms with Crippen LogP contribution in [-0.4, -0.2) is 23.6 Å². The minimum atomic E-state index is -0.542. The Labute approximate surface area is 138 Å². The van der Waals surface area contributed by atoms with Gasteiger partial charge in [-0.15, -0.1) is 11.3 Å². The summed E-state index contributed by atoms with van der Waals surface area (Å²) in [6.07, 6.45) is -0.444. The van der Waals surface area contributed by atoms with Gasteiger partial charge in [0.1, 0.15) is 0 Å². The zero-order valence-electron chi connectivity index (χ0n) is 13.0. The van der Waals surface area contributed by atoms with Gasteiger partial charge in [-0.2, -0.15) is 0 Å². The molecule has 0 fully saturated rings. The van der Waals surface area contributed by atoms with Gasteiger partial charge in [0, 0.05) is 5.38 Å². The number of anilines is 1. The van der Waals surface area contributed by atoms with Crippen LogP contribution in [0.3, 0.4) is 0 Å². The average molecular weight is 333 g/mol. The second-order valence-electron chi connectivity index (χ2n) is 4.87. The molecular weight excluding hydrogens is 314 g/mol. The third kappa shape index (κ3) is 5.37. The van der Waals surface area contributed by atoms with Crippen LogP contribution >= 0.6 is 11.3 Å². The van der Waals surface area contributed by atoms with E-state index >= 15 is 0 Å². The largest absolute Gasteiger partial charge is 0.450 e. The molecule has 1 aromatic carbocycles. The van der Waals surface area contributed by atoms with Crippen molar-refractivity contribution in [3.8, 4) is 0 Å². The summed E-state index contributed by atoms with van der Waals surface area (Å²) in [5.74, 6) is -0.218. The molecular formula is C16H19N3O3S. The summed E-state index contributed by atoms with van der Waals surface area (Å²) in [4.78, 5) is 28.1. The van der Waals surface area contributed by atoms with Crippen LogP contribution < -0.4 is 10.6 Å². The zero-order chi connectivity index (χ0) is 16.7. The molecule has 0 spiro atoms. The Hall–Kier alpha value is -2.41. The molecule has 1 heterocycles. The smallest absolute Gasteiger partial charge is 0.407 e. The van der Waals surface area contributed by atoms with Crippen molar-refractivity contribution in [1.82, 2.24) is 10.3 Å². The standard InChI is InChI=1S/C16H19N3O3S/c1-3-22-16(21)18-13(12-7-5-4-6-8-12)9-14(20)19-15-17-11(2)10-23-15/h4-8,10,13H,3,9H2,1-2H3,(H,18,21)(H,17,19,20)/t13-/m0/s1. The van der Waals surface area contributed by atoms with Crippen molar-refractivity contribution < 1.29 is 14.3 Å². The van der Waals surface area contributed by atoms with E-state index in [-0.39, 0.29) is 18.9 Å². The van der Waals surface area contributed by atoms with Crippen LogP contribution in [0.5, 0.6) is 0 Å². The molecule has 2 rings (SSSR count). The van der Waals surface area contributed by atoms with Crippen molar-refractivity contribution in [3.05, 3.63) is 47.0 Å². The number of hydrogen-bond acceptors (Lipinski definition) is 5. The minimum absolute atomic E-state index is 0.0987. The van der Waals surface area contributed by atoms with Gasteiger partial charge in [0.15, 0.2) is 5.13 Å². The van der Waals surface area contributed by atoms with E-state index in [2.05, 4.69) is 15.6 Å². The zero-order valence-corrected chi connectivity index (χ0v) is 13.9. The van der Waals surface area contributed by atoms with Crippen molar-refractivity contribution >= 4 is 28.5 Å². The van der Waals surface area contributed by atoms with Gasteiger partial charge in [-0.25, -0.2) is 9.78 Å². The Morgan fingerprint density at radius 3 is 2.65 bits per heavy atom. The lowest BCUT2D eigenvalue weighted by Gasteiger charge is -2.18. The maximum Gasteiger partial charge on any atom is 0.407 e. The van der Waals surface area contributed by atoms with Gasteiger partial charge in [-0.1, -0.05) is 30.3 Å². The molecule has 0 saturated carbocycles. The second-order valence-corrected chi connectivity index (χ2v) is 5.73. The summed E-state index contributed by atoms with van der Waals surface area (Å²) in [6, 6.07) is 8.85. The van der Waals surface area contributed by atoms with E-state index in [0.29, 0.717) is 5.13 Å². The highest BCUT2D eigenvalue weighted by Crippen LogP contribution is 2.19. The van der Waals surface area contributed by atoms with Gasteiger partial charge in [0.05, 0.1) is 24.8 Å². The van der Waals surface area contributed by atoms with E-state index in [0.717, 1.165) is 11.3 Å². The predicted octanol–water partition coefficient (Wildman–Crippen LogP) is 3.27. The molecule has 1 aromatic heterocycles. The molecule has 2 amide bonds. The number of aryl methyl sites for hydroxylation is 1. The van der Waals surface area contributed by atoms with Gasteiger partial charge in [0.25, 0.3) is 0 Å². The van der Waals surface area contributed by atoms with Crippen molar-refractivity contribution in [1.29, 1.82) is 0 Å². The Bertz CT molecular complexity index is 658. The highest BCUT2D eigenvalue weighted by molar-refractivity contribution is 7.13. The van der Waals surface area contributed by atoms with E-state index in [1.54, 1.807) is 6.92 Å². The van der Waals surface area contributed by atoms with Crippen LogP contribution in [0.4, 0.5) is 9.93 Å². The fraction of sp³-hybridized carbons (Fsp3) is 0.312. The molecule has 0 aliphatic rings. The first-order valence-electron chi connectivity index (χ1n) is 7.28. The number of nitrogens with one attached hydrogen (secondary N) is 2. The molecule has 1 atom stereocenters. The number of nitrogens with zero attached hydrogens (tertiary/aromatic N) is 1. The summed E-state index contributed by atoms with van der Waals surface area (Å²) in [6.45, 7) is 3.87. The maximum atomic E-state index is 12.2. The highest BCUT2D eigenvalue weighted by atomic mass is 32.1. The van der Waals surface area contributed by atoms with Crippen LogP contribution in [0.1, 0.15) is 30.6 Å². The van der Waals surface area contributed by atoms with Crippen LogP contribution in [0.25, 0.3) is 0 Å². The van der Waals surface area contributed by atoms with Crippen LogP contribution in [0, 0.1) is 6.92 Å². The molecule has 23 heavy (non-hydrogen) atoms. The van der Waals surface area contributed by atoms with Crippen molar-refractivity contribution in [2.45, 2.75) is 26.3 Å². The first-order valence-corrected chi connectivity index (χ1v) is 8.16. The van der Waals surface area contributed by atoms with E-state index in [9.17, 15) is 9.59 Å². The van der Waals surface area contributed by atoms with Gasteiger partial charge in [0.2, 0.25) is 5.91 Å². The molecule has 0 radical (unpaired) electrons. The first-order chi connectivity index (χ1) is 11.1. The highest BCUT2D eigenvalue weighted by Gasteiger charge is 2.19. The summed E-state index contributed by atoms with van der Waals surface area (Å²) in [5.41, 5.74) is 1.69. The van der Waals surface area contributed by atoms with Crippen molar-refractivity contribution in [2.24, 2.45) is 0 Å². The summed E-state index contributed by atoms with van der Waals surface area (Å²) >= 11 is 1.37. The van der Waals surface area contributed by atoms with Crippen LogP contribution in [0.15, 0.2) is 35.7 Å². The fourth-order valence-electron chi connectivity index (χ4n) is 2.02. The lowest BCUT2D eigenvalue weighted by Crippen LogP contribution is -2.32. The third-order valence-electron chi connectivity index (χ3n) is 3.02. The number of rotatable bonds is 6. The van der Waals surface area contributed by atoms with Crippen molar-refractivity contribution in [3.63, 3.8) is 0 Å². The van der Waals surface area contributed by atoms with Gasteiger partial charge >= 0.3 is 6.09 Å². The van der Waals surface area contributed by atoms with E-state index in [1.165, 1.54) is 11.3 Å². The number of benzene rings is 1. The molecule has 6 nitrogen and oxygen atoms in total. The summed E-state index contributed by atoms with van der Waals surface area (Å²) in [7, 11) is 0. The maximum absolute atomic E-state index is 12.2. The number of ether oxygens (including phenoxy) is 1. The topological polar surface area (TPSA) is 80.3 Å². The Morgan fingerprint density at radius 1 is 1.30 bits per heavy atom. The SMILES string of the molecule is CCOC(=O)N[C@@H](CC(=O)Nc1nc(C)cs1)c1ccccc1. The lowest BCUT2D eigenvalue weighted by atomic mass is 10.0. The Morgan fingerprint density at radius 2 is 2.04 bits per heavy atom. The quantitative estimate of drug-likeness (QED) is 0.850. The number of amides is 2. The number of aromatic nitrogens is 1. The molecule has 0 unspecified atom stereocenters. The number of hydrogen-bond donors (Lipinski definition) is 2.